The summed E-state index contributed by atoms with van der Waals surface area (Å²) in [6.07, 6.45) is 1.58. The molecule has 0 bridgehead atoms. The Morgan fingerprint density at radius 3 is 2.40 bits per heavy atom. The molecule has 0 N–H and O–H groups in total. The molecular formula is C24H18BrF2NO2. The van der Waals surface area contributed by atoms with Crippen molar-refractivity contribution in [3.8, 4) is 17.6 Å². The molecule has 3 rings (SSSR count). The molecule has 6 heteroatoms. The second-order valence-electron chi connectivity index (χ2n) is 6.29. The fourth-order valence-electron chi connectivity index (χ4n) is 2.86. The van der Waals surface area contributed by atoms with E-state index in [4.69, 9.17) is 9.47 Å². The molecule has 152 valence electrons. The summed E-state index contributed by atoms with van der Waals surface area (Å²) in [5, 5.41) is 9.51. The Labute approximate surface area is 182 Å². The second-order valence-corrected chi connectivity index (χ2v) is 7.15. The number of halogens is 3. The molecule has 0 aliphatic heterocycles. The van der Waals surface area contributed by atoms with Gasteiger partial charge in [-0.05, 0) is 58.8 Å². The van der Waals surface area contributed by atoms with Crippen molar-refractivity contribution in [2.45, 2.75) is 13.5 Å². The molecule has 3 nitrogen and oxygen atoms in total. The molecule has 0 heterocycles. The molecule has 3 aromatic rings. The lowest BCUT2D eigenvalue weighted by molar-refractivity contribution is 0.264. The van der Waals surface area contributed by atoms with E-state index >= 15 is 0 Å². The fraction of sp³-hybridized carbons (Fsp3) is 0.125. The molecule has 0 radical (unpaired) electrons. The summed E-state index contributed by atoms with van der Waals surface area (Å²) >= 11 is 3.46. The first-order chi connectivity index (χ1) is 14.5. The molecule has 0 fully saturated rings. The van der Waals surface area contributed by atoms with Crippen molar-refractivity contribution in [3.63, 3.8) is 0 Å². The predicted octanol–water partition coefficient (Wildman–Crippen LogP) is 6.77. The third kappa shape index (κ3) is 5.05. The van der Waals surface area contributed by atoms with E-state index in [9.17, 15) is 14.0 Å². The van der Waals surface area contributed by atoms with Crippen LogP contribution in [0.4, 0.5) is 8.78 Å². The number of nitriles is 1. The van der Waals surface area contributed by atoms with Gasteiger partial charge in [-0.3, -0.25) is 0 Å². The lowest BCUT2D eigenvalue weighted by Crippen LogP contribution is -2.02. The third-order valence-electron chi connectivity index (χ3n) is 4.26. The van der Waals surface area contributed by atoms with Gasteiger partial charge in [0.1, 0.15) is 18.2 Å². The van der Waals surface area contributed by atoms with E-state index in [1.807, 2.05) is 13.0 Å². The molecular weight excluding hydrogens is 452 g/mol. The minimum absolute atomic E-state index is 0.0270. The van der Waals surface area contributed by atoms with Crippen molar-refractivity contribution in [2.24, 2.45) is 0 Å². The zero-order valence-electron chi connectivity index (χ0n) is 16.2. The first-order valence-electron chi connectivity index (χ1n) is 9.22. The zero-order chi connectivity index (χ0) is 21.5. The lowest BCUT2D eigenvalue weighted by atomic mass is 10.0. The number of hydrogen-bond acceptors (Lipinski definition) is 3. The SMILES string of the molecule is CCOc1cc(/C=C(/C#N)c2ccccc2F)cc(Br)c1OCc1ccccc1F. The van der Waals surface area contributed by atoms with Crippen LogP contribution in [-0.2, 0) is 6.61 Å². The molecule has 30 heavy (non-hydrogen) atoms. The van der Waals surface area contributed by atoms with Crippen LogP contribution in [-0.4, -0.2) is 6.61 Å². The van der Waals surface area contributed by atoms with Crippen molar-refractivity contribution < 1.29 is 18.3 Å². The number of allylic oxidation sites excluding steroid dienone is 1. The van der Waals surface area contributed by atoms with Crippen LogP contribution < -0.4 is 9.47 Å². The van der Waals surface area contributed by atoms with Crippen molar-refractivity contribution >= 4 is 27.6 Å². The first kappa shape index (κ1) is 21.5. The molecule has 0 aliphatic rings. The average molecular weight is 470 g/mol. The summed E-state index contributed by atoms with van der Waals surface area (Å²) in [6.45, 7) is 2.24. The van der Waals surface area contributed by atoms with Crippen molar-refractivity contribution in [1.82, 2.24) is 0 Å². The summed E-state index contributed by atoms with van der Waals surface area (Å²) in [7, 11) is 0. The summed E-state index contributed by atoms with van der Waals surface area (Å²) in [5.41, 5.74) is 1.45. The minimum Gasteiger partial charge on any atom is -0.490 e. The molecule has 0 aromatic heterocycles. The van der Waals surface area contributed by atoms with Gasteiger partial charge in [0.2, 0.25) is 0 Å². The van der Waals surface area contributed by atoms with E-state index in [1.54, 1.807) is 54.6 Å². The van der Waals surface area contributed by atoms with Gasteiger partial charge in [-0.2, -0.15) is 5.26 Å². The fourth-order valence-corrected chi connectivity index (χ4v) is 3.43. The number of benzene rings is 3. The van der Waals surface area contributed by atoms with Gasteiger partial charge >= 0.3 is 0 Å². The molecule has 0 aliphatic carbocycles. The number of hydrogen-bond donors (Lipinski definition) is 0. The molecule has 0 saturated carbocycles. The second kappa shape index (κ2) is 10.0. The molecule has 3 aromatic carbocycles. The predicted molar refractivity (Wildman–Crippen MR) is 116 cm³/mol. The van der Waals surface area contributed by atoms with Gasteiger partial charge in [-0.15, -0.1) is 0 Å². The maximum absolute atomic E-state index is 14.1. The van der Waals surface area contributed by atoms with Crippen LogP contribution in [0.1, 0.15) is 23.6 Å². The van der Waals surface area contributed by atoms with Crippen LogP contribution in [0.25, 0.3) is 11.6 Å². The number of rotatable bonds is 7. The number of ether oxygens (including phenoxy) is 2. The largest absolute Gasteiger partial charge is 0.490 e. The highest BCUT2D eigenvalue weighted by Crippen LogP contribution is 2.38. The van der Waals surface area contributed by atoms with Gasteiger partial charge in [0.05, 0.1) is 22.7 Å². The molecule has 0 atom stereocenters. The van der Waals surface area contributed by atoms with Gasteiger partial charge < -0.3 is 9.47 Å². The standard InChI is InChI=1S/C24H18BrF2NO2/c1-2-29-23-13-16(11-18(14-28)19-8-4-6-10-22(19)27)12-20(25)24(23)30-15-17-7-3-5-9-21(17)26/h3-13H,2,15H2,1H3/b18-11-. The summed E-state index contributed by atoms with van der Waals surface area (Å²) < 4.78 is 40.1. The lowest BCUT2D eigenvalue weighted by Gasteiger charge is -2.15. The quantitative estimate of drug-likeness (QED) is 0.283. The Bertz CT molecular complexity index is 1120. The van der Waals surface area contributed by atoms with Crippen LogP contribution >= 0.6 is 15.9 Å². The van der Waals surface area contributed by atoms with Crippen molar-refractivity contribution in [2.75, 3.05) is 6.61 Å². The van der Waals surface area contributed by atoms with E-state index < -0.39 is 5.82 Å². The number of nitrogens with zero attached hydrogens (tertiary/aromatic N) is 1. The Morgan fingerprint density at radius 2 is 1.73 bits per heavy atom. The highest BCUT2D eigenvalue weighted by Gasteiger charge is 2.14. The topological polar surface area (TPSA) is 42.2 Å². The van der Waals surface area contributed by atoms with Crippen LogP contribution in [0.5, 0.6) is 11.5 Å². The smallest absolute Gasteiger partial charge is 0.175 e. The summed E-state index contributed by atoms with van der Waals surface area (Å²) in [6, 6.07) is 17.9. The van der Waals surface area contributed by atoms with Gasteiger partial charge in [-0.1, -0.05) is 36.4 Å². The molecule has 0 amide bonds. The Morgan fingerprint density at radius 1 is 1.03 bits per heavy atom. The molecule has 0 saturated heterocycles. The summed E-state index contributed by atoms with van der Waals surface area (Å²) in [4.78, 5) is 0. The minimum atomic E-state index is -0.473. The van der Waals surface area contributed by atoms with Gasteiger partial charge in [0.25, 0.3) is 0 Å². The van der Waals surface area contributed by atoms with E-state index in [-0.39, 0.29) is 23.6 Å². The van der Waals surface area contributed by atoms with Gasteiger partial charge in [-0.25, -0.2) is 8.78 Å². The van der Waals surface area contributed by atoms with Crippen molar-refractivity contribution in [3.05, 3.63) is 93.5 Å². The Kier molecular flexibility index (Phi) is 7.21. The highest BCUT2D eigenvalue weighted by atomic mass is 79.9. The van der Waals surface area contributed by atoms with E-state index in [2.05, 4.69) is 15.9 Å². The first-order valence-corrected chi connectivity index (χ1v) is 10.0. The maximum Gasteiger partial charge on any atom is 0.175 e. The maximum atomic E-state index is 14.1. The zero-order valence-corrected chi connectivity index (χ0v) is 17.7. The Balaban J connectivity index is 1.95. The van der Waals surface area contributed by atoms with Crippen LogP contribution in [0.2, 0.25) is 0 Å². The van der Waals surface area contributed by atoms with E-state index in [0.717, 1.165) is 0 Å². The van der Waals surface area contributed by atoms with Gasteiger partial charge in [0.15, 0.2) is 11.5 Å². The van der Waals surface area contributed by atoms with Crippen molar-refractivity contribution in [1.29, 1.82) is 5.26 Å². The normalized spacial score (nSPS) is 11.1. The van der Waals surface area contributed by atoms with Crippen LogP contribution in [0, 0.1) is 23.0 Å². The molecule has 0 unspecified atom stereocenters. The average Bonchev–Trinajstić information content (AvgIpc) is 2.73. The molecule has 0 spiro atoms. The van der Waals surface area contributed by atoms with Crippen LogP contribution in [0.3, 0.4) is 0 Å². The highest BCUT2D eigenvalue weighted by molar-refractivity contribution is 9.10. The van der Waals surface area contributed by atoms with Gasteiger partial charge in [0, 0.05) is 11.1 Å². The van der Waals surface area contributed by atoms with E-state index in [0.29, 0.717) is 33.7 Å². The summed E-state index contributed by atoms with van der Waals surface area (Å²) in [5.74, 6) is 0.0239. The third-order valence-corrected chi connectivity index (χ3v) is 4.85. The van der Waals surface area contributed by atoms with Crippen LogP contribution in [0.15, 0.2) is 65.1 Å². The van der Waals surface area contributed by atoms with E-state index in [1.165, 1.54) is 12.1 Å². The Hall–Kier alpha value is -3.17. The monoisotopic (exact) mass is 469 g/mol.